The van der Waals surface area contributed by atoms with Crippen LogP contribution in [-0.2, 0) is 57.1 Å². The molecule has 0 saturated carbocycles. The van der Waals surface area contributed by atoms with Crippen LogP contribution in [0.2, 0.25) is 0 Å². The minimum Gasteiger partial charge on any atom is -0.456 e. The van der Waals surface area contributed by atoms with E-state index >= 15 is 0 Å². The van der Waals surface area contributed by atoms with Crippen molar-refractivity contribution in [1.82, 2.24) is 20.4 Å². The maximum Gasteiger partial charge on any atom is 0.407 e. The van der Waals surface area contributed by atoms with Gasteiger partial charge in [-0.1, -0.05) is 76.2 Å². The molecule has 0 radical (unpaired) electrons. The van der Waals surface area contributed by atoms with Gasteiger partial charge in [-0.3, -0.25) is 19.2 Å². The van der Waals surface area contributed by atoms with E-state index in [1.54, 1.807) is 76.2 Å². The Morgan fingerprint density at radius 3 is 1.16 bits per heavy atom. The van der Waals surface area contributed by atoms with Gasteiger partial charge in [0.1, 0.15) is 24.2 Å². The van der Waals surface area contributed by atoms with E-state index in [2.05, 4.69) is 10.6 Å². The summed E-state index contributed by atoms with van der Waals surface area (Å²) < 4.78 is 45.3. The minimum atomic E-state index is -1.30. The van der Waals surface area contributed by atoms with Crippen LogP contribution in [0.3, 0.4) is 0 Å². The Morgan fingerprint density at radius 2 is 0.871 bits per heavy atom. The molecule has 4 amide bonds. The first-order chi connectivity index (χ1) is 33.1. The fourth-order valence-corrected chi connectivity index (χ4v) is 9.64. The van der Waals surface area contributed by atoms with Crippen LogP contribution in [0.5, 0.6) is 0 Å². The number of esters is 2. The number of ketones is 2. The maximum atomic E-state index is 14.0. The Bertz CT molecular complexity index is 2090. The summed E-state index contributed by atoms with van der Waals surface area (Å²) in [4.78, 5) is 109. The molecule has 4 fully saturated rings. The second kappa shape index (κ2) is 22.4. The number of carbonyl (C=O) groups is 8. The molecule has 2 aromatic rings. The fraction of sp³-hybridized carbons (Fsp3) is 0.600. The number of rotatable bonds is 15. The molecule has 2 aromatic carbocycles. The number of hydrogen-bond donors (Lipinski definition) is 2. The number of carbonyl (C=O) groups excluding carboxylic acids is 8. The lowest BCUT2D eigenvalue weighted by Crippen LogP contribution is -2.55. The van der Waals surface area contributed by atoms with Crippen LogP contribution in [0.25, 0.3) is 11.1 Å². The molecule has 0 aromatic heterocycles. The molecule has 0 aliphatic carbocycles. The second-order valence-electron chi connectivity index (χ2n) is 19.3. The third kappa shape index (κ3) is 12.5. The van der Waals surface area contributed by atoms with E-state index in [4.69, 9.17) is 37.9 Å². The van der Waals surface area contributed by atoms with Gasteiger partial charge < -0.3 is 58.3 Å². The summed E-state index contributed by atoms with van der Waals surface area (Å²) in [7, 11) is 2.36. The molecule has 70 heavy (non-hydrogen) atoms. The van der Waals surface area contributed by atoms with Gasteiger partial charge in [0.25, 0.3) is 0 Å². The Morgan fingerprint density at radius 1 is 0.557 bits per heavy atom. The van der Waals surface area contributed by atoms with Gasteiger partial charge in [-0.15, -0.1) is 0 Å². The van der Waals surface area contributed by atoms with E-state index in [-0.39, 0.29) is 73.3 Å². The smallest absolute Gasteiger partial charge is 0.407 e. The van der Waals surface area contributed by atoms with Gasteiger partial charge in [-0.2, -0.15) is 0 Å². The first-order valence-corrected chi connectivity index (χ1v) is 23.7. The minimum absolute atomic E-state index is 0.0436. The van der Waals surface area contributed by atoms with Crippen molar-refractivity contribution >= 4 is 47.5 Å². The third-order valence-corrected chi connectivity index (χ3v) is 12.9. The molecule has 4 saturated heterocycles. The molecule has 6 rings (SSSR count). The summed E-state index contributed by atoms with van der Waals surface area (Å²) in [6.07, 6.45) is -1.37. The summed E-state index contributed by atoms with van der Waals surface area (Å²) in [5.41, 5.74) is 1.92. The van der Waals surface area contributed by atoms with Gasteiger partial charge in [0.15, 0.2) is 36.4 Å². The van der Waals surface area contributed by atoms with Crippen LogP contribution in [0, 0.1) is 11.8 Å². The first-order valence-electron chi connectivity index (χ1n) is 23.7. The van der Waals surface area contributed by atoms with Gasteiger partial charge in [0, 0.05) is 24.0 Å². The number of alkyl carbamates (subject to hydrolysis) is 2. The molecule has 0 bridgehead atoms. The maximum absolute atomic E-state index is 14.0. The highest BCUT2D eigenvalue weighted by Crippen LogP contribution is 2.41. The van der Waals surface area contributed by atoms with Crippen molar-refractivity contribution in [2.24, 2.45) is 11.8 Å². The molecule has 8 atom stereocenters. The van der Waals surface area contributed by atoms with Crippen molar-refractivity contribution in [2.75, 3.05) is 40.5 Å². The molecule has 0 unspecified atom stereocenters. The van der Waals surface area contributed by atoms with E-state index in [1.165, 1.54) is 24.0 Å². The van der Waals surface area contributed by atoms with E-state index in [1.807, 2.05) is 27.7 Å². The molecule has 2 spiro atoms. The molecule has 4 aliphatic heterocycles. The highest BCUT2D eigenvalue weighted by Gasteiger charge is 2.57. The Kier molecular flexibility index (Phi) is 17.1. The highest BCUT2D eigenvalue weighted by molar-refractivity contribution is 6.00. The molecular formula is C50H66N4O16. The van der Waals surface area contributed by atoms with Crippen LogP contribution < -0.4 is 10.6 Å². The van der Waals surface area contributed by atoms with Gasteiger partial charge >= 0.3 is 24.1 Å². The third-order valence-electron chi connectivity index (χ3n) is 12.9. The lowest BCUT2D eigenvalue weighted by molar-refractivity contribution is -0.303. The largest absolute Gasteiger partial charge is 0.456 e. The summed E-state index contributed by atoms with van der Waals surface area (Å²) in [6.45, 7) is 13.1. The van der Waals surface area contributed by atoms with Crippen LogP contribution in [-0.4, -0.2) is 158 Å². The summed E-state index contributed by atoms with van der Waals surface area (Å²) in [5.74, 6) is -7.12. The highest BCUT2D eigenvalue weighted by atomic mass is 16.7. The monoisotopic (exact) mass is 978 g/mol. The van der Waals surface area contributed by atoms with E-state index in [9.17, 15) is 38.4 Å². The van der Waals surface area contributed by atoms with Crippen LogP contribution in [0.1, 0.15) is 102 Å². The predicted molar refractivity (Wildman–Crippen MR) is 248 cm³/mol. The SMILES string of the molecule is COC(=O)N[C@H](C(=O)N1CC2(C[C@H]1C(=O)OCC(=O)c1ccc(-c3ccc(C(=O)COC(=O)[C@@H]4CC5(CN4C(=O)[C@@H](NC(=O)OC)C(C)C)O[C@@H](C)C[C@H](C)O5)cc3)cc1)O[C@@H](C)C[C@H](C)O2)C(C)C. The quantitative estimate of drug-likeness (QED) is 0.141. The summed E-state index contributed by atoms with van der Waals surface area (Å²) in [5, 5.41) is 5.10. The first kappa shape index (κ1) is 53.4. The molecule has 382 valence electrons. The van der Waals surface area contributed by atoms with E-state index in [0.717, 1.165) is 0 Å². The summed E-state index contributed by atoms with van der Waals surface area (Å²) >= 11 is 0. The molecule has 4 aliphatic rings. The van der Waals surface area contributed by atoms with Crippen molar-refractivity contribution < 1.29 is 76.3 Å². The summed E-state index contributed by atoms with van der Waals surface area (Å²) in [6, 6.07) is 8.65. The lowest BCUT2D eigenvalue weighted by Gasteiger charge is -2.40. The molecular weight excluding hydrogens is 913 g/mol. The average molecular weight is 979 g/mol. The van der Waals surface area contributed by atoms with Crippen molar-refractivity contribution in [2.45, 2.75) is 141 Å². The van der Waals surface area contributed by atoms with Crippen molar-refractivity contribution in [3.63, 3.8) is 0 Å². The van der Waals surface area contributed by atoms with Crippen LogP contribution >= 0.6 is 0 Å². The zero-order valence-electron chi connectivity index (χ0n) is 41.5. The number of benzene rings is 2. The zero-order valence-corrected chi connectivity index (χ0v) is 41.5. The number of Topliss-reactive ketones (excluding diaryl/α,β-unsaturated/α-hetero) is 2. The van der Waals surface area contributed by atoms with Crippen molar-refractivity contribution in [3.8, 4) is 11.1 Å². The average Bonchev–Trinajstić information content (AvgIpc) is 3.86. The zero-order chi connectivity index (χ0) is 51.2. The van der Waals surface area contributed by atoms with Gasteiger partial charge in [0.05, 0.1) is 51.7 Å². The van der Waals surface area contributed by atoms with Gasteiger partial charge in [-0.05, 0) is 63.5 Å². The topological polar surface area (TPSA) is 241 Å². The number of amides is 4. The van der Waals surface area contributed by atoms with Gasteiger partial charge in [0.2, 0.25) is 11.8 Å². The Hall–Kier alpha value is -5.96. The molecule has 4 heterocycles. The second-order valence-corrected chi connectivity index (χ2v) is 19.3. The van der Waals surface area contributed by atoms with E-state index < -0.39 is 96.5 Å². The number of ether oxygens (including phenoxy) is 8. The van der Waals surface area contributed by atoms with Crippen molar-refractivity contribution in [3.05, 3.63) is 59.7 Å². The van der Waals surface area contributed by atoms with Gasteiger partial charge in [-0.25, -0.2) is 19.2 Å². The number of nitrogens with one attached hydrogen (secondary N) is 2. The fourth-order valence-electron chi connectivity index (χ4n) is 9.64. The molecule has 2 N–H and O–H groups in total. The number of hydrogen-bond acceptors (Lipinski definition) is 16. The van der Waals surface area contributed by atoms with Crippen molar-refractivity contribution in [1.29, 1.82) is 0 Å². The van der Waals surface area contributed by atoms with Crippen LogP contribution in [0.15, 0.2) is 48.5 Å². The molecule has 20 heteroatoms. The van der Waals surface area contributed by atoms with Crippen LogP contribution in [0.4, 0.5) is 9.59 Å². The number of likely N-dealkylation sites (tertiary alicyclic amines) is 2. The lowest BCUT2D eigenvalue weighted by atomic mass is 10.0. The van der Waals surface area contributed by atoms with E-state index in [0.29, 0.717) is 24.0 Å². The standard InChI is InChI=1S/C50H66N4O16/c1-27(2)41(51-47(61)63-9)43(57)53-25-49(67-29(5)19-30(6)68-49)21-37(53)45(59)65-23-39(55)35-15-11-33(12-16-35)34-13-17-36(18-14-34)40(56)24-66-46(60)38-22-50(69-31(7)20-32(8)70-50)26-54(38)44(58)42(28(3)4)52-48(62)64-10/h11-18,27-32,37-38,41-42H,19-26H2,1-10H3,(H,51,61)(H,52,62)/t29-,30-,31-,32-,37-,38-,41-,42-/m0/s1. The number of methoxy groups -OCH3 is 2. The molecule has 20 nitrogen and oxygen atoms in total. The Balaban J connectivity index is 1.07. The number of nitrogens with zero attached hydrogens (tertiary/aromatic N) is 2. The predicted octanol–water partition coefficient (Wildman–Crippen LogP) is 4.59. The normalized spacial score (nSPS) is 27.2. The Labute approximate surface area is 407 Å².